The van der Waals surface area contributed by atoms with Crippen molar-refractivity contribution in [3.8, 4) is 11.8 Å². The van der Waals surface area contributed by atoms with Crippen LogP contribution in [0.2, 0.25) is 0 Å². The van der Waals surface area contributed by atoms with Crippen LogP contribution in [0.25, 0.3) is 6.08 Å². The summed E-state index contributed by atoms with van der Waals surface area (Å²) < 4.78 is 7.30. The second-order valence-corrected chi connectivity index (χ2v) is 6.55. The maximum atomic E-state index is 12.1. The van der Waals surface area contributed by atoms with E-state index in [2.05, 4.69) is 16.4 Å². The van der Waals surface area contributed by atoms with Crippen molar-refractivity contribution in [2.24, 2.45) is 0 Å². The fourth-order valence-electron chi connectivity index (χ4n) is 2.82. The van der Waals surface area contributed by atoms with Gasteiger partial charge in [-0.2, -0.15) is 5.26 Å². The molecule has 0 fully saturated rings. The molecule has 7 heteroatoms. The molecule has 4 rings (SSSR count). The van der Waals surface area contributed by atoms with E-state index in [-0.39, 0.29) is 5.91 Å². The van der Waals surface area contributed by atoms with E-state index in [1.54, 1.807) is 17.8 Å². The Kier molecular flexibility index (Phi) is 3.75. The molecule has 1 amide bonds. The molecule has 2 aliphatic rings. The molecular weight excluding hydrogens is 324 g/mol. The first-order chi connectivity index (χ1) is 11.7. The highest BCUT2D eigenvalue weighted by molar-refractivity contribution is 7.99. The fraction of sp³-hybridized carbons (Fsp3) is 0.235. The minimum atomic E-state index is -0.301. The minimum Gasteiger partial charge on any atom is -0.493 e. The smallest absolute Gasteiger partial charge is 0.249 e. The Labute approximate surface area is 143 Å². The van der Waals surface area contributed by atoms with Crippen molar-refractivity contribution in [3.63, 3.8) is 0 Å². The number of hydrogen-bond acceptors (Lipinski definition) is 5. The van der Waals surface area contributed by atoms with Crippen LogP contribution in [-0.2, 0) is 17.8 Å². The van der Waals surface area contributed by atoms with Gasteiger partial charge in [0.2, 0.25) is 5.91 Å². The van der Waals surface area contributed by atoms with Gasteiger partial charge in [-0.15, -0.1) is 0 Å². The van der Waals surface area contributed by atoms with Crippen LogP contribution in [0.15, 0.2) is 29.4 Å². The molecule has 120 valence electrons. The van der Waals surface area contributed by atoms with Crippen LogP contribution >= 0.6 is 11.8 Å². The summed E-state index contributed by atoms with van der Waals surface area (Å²) in [6, 6.07) is 7.97. The van der Waals surface area contributed by atoms with Crippen molar-refractivity contribution < 1.29 is 9.53 Å². The SMILES string of the molecule is N#Cc1c(NC(=O)C=Cc2ccc3c(c2)CCO3)nc2n1CCS2. The number of hydrogen-bond donors (Lipinski definition) is 1. The van der Waals surface area contributed by atoms with Crippen molar-refractivity contribution in [1.82, 2.24) is 9.55 Å². The number of anilines is 1. The van der Waals surface area contributed by atoms with Gasteiger partial charge in [0, 0.05) is 24.8 Å². The van der Waals surface area contributed by atoms with Gasteiger partial charge in [-0.3, -0.25) is 4.79 Å². The molecule has 0 atom stereocenters. The Morgan fingerprint density at radius 3 is 3.29 bits per heavy atom. The number of carbonyl (C=O) groups is 1. The molecule has 0 saturated heterocycles. The van der Waals surface area contributed by atoms with Crippen molar-refractivity contribution in [2.45, 2.75) is 18.1 Å². The predicted molar refractivity (Wildman–Crippen MR) is 91.0 cm³/mol. The zero-order valence-corrected chi connectivity index (χ0v) is 13.6. The third kappa shape index (κ3) is 2.65. The molecular formula is C17H14N4O2S. The van der Waals surface area contributed by atoms with Crippen LogP contribution in [0.3, 0.4) is 0 Å². The number of nitriles is 1. The van der Waals surface area contributed by atoms with Crippen molar-refractivity contribution in [3.05, 3.63) is 41.1 Å². The average Bonchev–Trinajstić information content (AvgIpc) is 3.27. The number of amides is 1. The van der Waals surface area contributed by atoms with Crippen LogP contribution in [0.5, 0.6) is 5.75 Å². The Morgan fingerprint density at radius 2 is 2.42 bits per heavy atom. The van der Waals surface area contributed by atoms with Crippen LogP contribution in [0, 0.1) is 11.3 Å². The van der Waals surface area contributed by atoms with E-state index < -0.39 is 0 Å². The van der Waals surface area contributed by atoms with Gasteiger partial charge in [-0.05, 0) is 29.3 Å². The number of nitrogens with zero attached hydrogens (tertiary/aromatic N) is 3. The largest absolute Gasteiger partial charge is 0.493 e. The lowest BCUT2D eigenvalue weighted by Crippen LogP contribution is -2.10. The maximum absolute atomic E-state index is 12.1. The van der Waals surface area contributed by atoms with Crippen LogP contribution in [0.1, 0.15) is 16.8 Å². The van der Waals surface area contributed by atoms with E-state index in [9.17, 15) is 10.1 Å². The Balaban J connectivity index is 1.48. The first kappa shape index (κ1) is 14.8. The average molecular weight is 338 g/mol. The lowest BCUT2D eigenvalue weighted by Gasteiger charge is -2.01. The lowest BCUT2D eigenvalue weighted by atomic mass is 10.1. The van der Waals surface area contributed by atoms with E-state index >= 15 is 0 Å². The molecule has 0 saturated carbocycles. The second-order valence-electron chi connectivity index (χ2n) is 5.49. The number of ether oxygens (including phenoxy) is 1. The van der Waals surface area contributed by atoms with E-state index in [1.165, 1.54) is 6.08 Å². The summed E-state index contributed by atoms with van der Waals surface area (Å²) in [5.41, 5.74) is 2.51. The number of thioether (sulfide) groups is 1. The van der Waals surface area contributed by atoms with Crippen molar-refractivity contribution >= 4 is 29.6 Å². The summed E-state index contributed by atoms with van der Waals surface area (Å²) in [7, 11) is 0. The number of benzene rings is 1. The number of nitrogens with one attached hydrogen (secondary N) is 1. The van der Waals surface area contributed by atoms with Gasteiger partial charge >= 0.3 is 0 Å². The molecule has 6 nitrogen and oxygen atoms in total. The molecule has 0 spiro atoms. The lowest BCUT2D eigenvalue weighted by molar-refractivity contribution is -0.111. The summed E-state index contributed by atoms with van der Waals surface area (Å²) in [5.74, 6) is 1.86. The maximum Gasteiger partial charge on any atom is 0.249 e. The molecule has 1 N–H and O–H groups in total. The van der Waals surface area contributed by atoms with E-state index in [1.807, 2.05) is 22.8 Å². The van der Waals surface area contributed by atoms with E-state index in [0.29, 0.717) is 18.1 Å². The fourth-order valence-corrected chi connectivity index (χ4v) is 3.77. The first-order valence-electron chi connectivity index (χ1n) is 7.63. The molecule has 24 heavy (non-hydrogen) atoms. The van der Waals surface area contributed by atoms with E-state index in [0.717, 1.165) is 40.8 Å². The highest BCUT2D eigenvalue weighted by Gasteiger charge is 2.22. The Bertz CT molecular complexity index is 895. The predicted octanol–water partition coefficient (Wildman–Crippen LogP) is 2.45. The summed E-state index contributed by atoms with van der Waals surface area (Å²) in [4.78, 5) is 16.5. The van der Waals surface area contributed by atoms with Gasteiger partial charge in [0.15, 0.2) is 16.7 Å². The standard InChI is InChI=1S/C17H14N4O2S/c18-10-13-16(20-17-21(13)6-8-24-17)19-15(22)4-2-11-1-3-14-12(9-11)5-7-23-14/h1-4,9H,5-8H2,(H,19,22). The molecule has 0 unspecified atom stereocenters. The number of fused-ring (bicyclic) bond motifs is 2. The highest BCUT2D eigenvalue weighted by atomic mass is 32.2. The summed E-state index contributed by atoms with van der Waals surface area (Å²) >= 11 is 1.59. The third-order valence-corrected chi connectivity index (χ3v) is 4.92. The normalized spacial score (nSPS) is 15.0. The molecule has 0 aliphatic carbocycles. The van der Waals surface area contributed by atoms with Crippen LogP contribution < -0.4 is 10.1 Å². The number of carbonyl (C=O) groups excluding carboxylic acids is 1. The van der Waals surface area contributed by atoms with Gasteiger partial charge in [0.05, 0.1) is 6.61 Å². The van der Waals surface area contributed by atoms with Crippen LogP contribution in [-0.4, -0.2) is 27.8 Å². The Hall–Kier alpha value is -2.72. The second kappa shape index (κ2) is 6.06. The molecule has 2 aromatic rings. The molecule has 3 heterocycles. The quantitative estimate of drug-likeness (QED) is 0.870. The number of rotatable bonds is 3. The zero-order chi connectivity index (χ0) is 16.5. The van der Waals surface area contributed by atoms with Gasteiger partial charge in [0.25, 0.3) is 0 Å². The summed E-state index contributed by atoms with van der Waals surface area (Å²) in [6.07, 6.45) is 4.10. The number of aromatic nitrogens is 2. The summed E-state index contributed by atoms with van der Waals surface area (Å²) in [5, 5.41) is 12.8. The third-order valence-electron chi connectivity index (χ3n) is 3.97. The van der Waals surface area contributed by atoms with Gasteiger partial charge in [-0.25, -0.2) is 4.98 Å². The van der Waals surface area contributed by atoms with Gasteiger partial charge in [-0.1, -0.05) is 17.8 Å². The monoisotopic (exact) mass is 338 g/mol. The number of imidazole rings is 1. The topological polar surface area (TPSA) is 79.9 Å². The highest BCUT2D eigenvalue weighted by Crippen LogP contribution is 2.30. The molecule has 1 aromatic heterocycles. The Morgan fingerprint density at radius 1 is 1.50 bits per heavy atom. The van der Waals surface area contributed by atoms with Crippen molar-refractivity contribution in [1.29, 1.82) is 5.26 Å². The summed E-state index contributed by atoms with van der Waals surface area (Å²) in [6.45, 7) is 1.46. The van der Waals surface area contributed by atoms with E-state index in [4.69, 9.17) is 4.74 Å². The van der Waals surface area contributed by atoms with Gasteiger partial charge in [0.1, 0.15) is 11.8 Å². The molecule has 0 bridgehead atoms. The molecule has 1 aromatic carbocycles. The van der Waals surface area contributed by atoms with Crippen molar-refractivity contribution in [2.75, 3.05) is 17.7 Å². The van der Waals surface area contributed by atoms with Crippen LogP contribution in [0.4, 0.5) is 5.82 Å². The van der Waals surface area contributed by atoms with Gasteiger partial charge < -0.3 is 14.6 Å². The first-order valence-corrected chi connectivity index (χ1v) is 8.61. The molecule has 2 aliphatic heterocycles. The molecule has 0 radical (unpaired) electrons. The zero-order valence-electron chi connectivity index (χ0n) is 12.8. The minimum absolute atomic E-state index is 0.301.